The molecular formula is C20H13FN2O2S. The molecule has 1 N–H and O–H groups in total. The lowest BCUT2D eigenvalue weighted by molar-refractivity contribution is -0.120. The molecule has 0 saturated carbocycles. The maximum absolute atomic E-state index is 13.5. The Morgan fingerprint density at radius 3 is 2.38 bits per heavy atom. The van der Waals surface area contributed by atoms with Crippen LogP contribution in [-0.4, -0.2) is 11.8 Å². The van der Waals surface area contributed by atoms with Crippen LogP contribution in [-0.2, 0) is 9.59 Å². The fourth-order valence-electron chi connectivity index (χ4n) is 2.82. The second-order valence-electron chi connectivity index (χ2n) is 5.64. The molecule has 1 aliphatic rings. The molecule has 6 heteroatoms. The zero-order valence-electron chi connectivity index (χ0n) is 13.5. The third kappa shape index (κ3) is 2.80. The van der Waals surface area contributed by atoms with Crippen molar-refractivity contribution in [3.63, 3.8) is 0 Å². The first-order valence-electron chi connectivity index (χ1n) is 7.90. The Hall–Kier alpha value is -3.25. The number of benzene rings is 2. The van der Waals surface area contributed by atoms with Crippen LogP contribution < -0.4 is 10.2 Å². The summed E-state index contributed by atoms with van der Waals surface area (Å²) in [6, 6.07) is 18.1. The number of halogens is 1. The molecule has 0 unspecified atom stereocenters. The molecule has 4 nitrogen and oxygen atoms in total. The molecule has 1 aliphatic heterocycles. The second-order valence-corrected chi connectivity index (χ2v) is 6.59. The molecular weight excluding hydrogens is 351 g/mol. The first kappa shape index (κ1) is 16.2. The molecule has 2 amide bonds. The summed E-state index contributed by atoms with van der Waals surface area (Å²) in [5.41, 5.74) is 1.34. The number of nitrogens with zero attached hydrogens (tertiary/aromatic N) is 1. The lowest BCUT2D eigenvalue weighted by Crippen LogP contribution is -2.32. The topological polar surface area (TPSA) is 49.4 Å². The van der Waals surface area contributed by atoms with Crippen LogP contribution in [0.1, 0.15) is 4.88 Å². The van der Waals surface area contributed by atoms with Gasteiger partial charge in [-0.2, -0.15) is 0 Å². The van der Waals surface area contributed by atoms with Gasteiger partial charge in [0.15, 0.2) is 0 Å². The molecule has 1 aromatic heterocycles. The molecule has 3 aromatic rings. The lowest BCUT2D eigenvalue weighted by atomic mass is 10.2. The highest BCUT2D eigenvalue weighted by atomic mass is 32.1. The number of para-hydroxylation sites is 1. The van der Waals surface area contributed by atoms with Crippen molar-refractivity contribution < 1.29 is 14.0 Å². The minimum atomic E-state index is -0.464. The number of hydrogen-bond acceptors (Lipinski definition) is 4. The van der Waals surface area contributed by atoms with Crippen LogP contribution in [0.15, 0.2) is 77.8 Å². The summed E-state index contributed by atoms with van der Waals surface area (Å²) in [6.07, 6.45) is 0. The number of imide groups is 1. The van der Waals surface area contributed by atoms with Gasteiger partial charge < -0.3 is 5.32 Å². The Kier molecular flexibility index (Phi) is 4.10. The van der Waals surface area contributed by atoms with Crippen molar-refractivity contribution >= 4 is 40.1 Å². The number of nitrogens with one attached hydrogen (secondary N) is 1. The summed E-state index contributed by atoms with van der Waals surface area (Å²) in [5, 5.41) is 4.77. The van der Waals surface area contributed by atoms with Gasteiger partial charge in [-0.05, 0) is 41.8 Å². The Bertz CT molecular complexity index is 1010. The van der Waals surface area contributed by atoms with Gasteiger partial charge in [0.2, 0.25) is 0 Å². The summed E-state index contributed by atoms with van der Waals surface area (Å²) < 4.78 is 13.5. The standard InChI is InChI=1S/C20H13FN2O2S/c21-13-6-4-7-14(12-13)22-18-17(16-10-5-11-26-16)19(24)23(20(18)25)15-8-2-1-3-9-15/h1-12,22H. The highest BCUT2D eigenvalue weighted by Gasteiger charge is 2.40. The van der Waals surface area contributed by atoms with Gasteiger partial charge in [0.05, 0.1) is 11.3 Å². The van der Waals surface area contributed by atoms with Crippen LogP contribution in [0.5, 0.6) is 0 Å². The van der Waals surface area contributed by atoms with Crippen molar-refractivity contribution in [1.29, 1.82) is 0 Å². The van der Waals surface area contributed by atoms with Crippen molar-refractivity contribution in [3.8, 4) is 0 Å². The molecule has 0 bridgehead atoms. The maximum Gasteiger partial charge on any atom is 0.282 e. The number of anilines is 2. The minimum Gasteiger partial charge on any atom is -0.350 e. The normalized spacial score (nSPS) is 14.3. The quantitative estimate of drug-likeness (QED) is 0.703. The fraction of sp³-hybridized carbons (Fsp3) is 0. The molecule has 2 heterocycles. The molecule has 0 spiro atoms. The molecule has 0 fully saturated rings. The summed E-state index contributed by atoms with van der Waals surface area (Å²) >= 11 is 1.37. The maximum atomic E-state index is 13.5. The number of thiophene rings is 1. The first-order chi connectivity index (χ1) is 12.6. The van der Waals surface area contributed by atoms with Gasteiger partial charge in [-0.1, -0.05) is 30.3 Å². The average molecular weight is 364 g/mol. The van der Waals surface area contributed by atoms with E-state index in [1.54, 1.807) is 42.5 Å². The van der Waals surface area contributed by atoms with E-state index in [-0.39, 0.29) is 11.3 Å². The first-order valence-corrected chi connectivity index (χ1v) is 8.77. The van der Waals surface area contributed by atoms with E-state index in [1.165, 1.54) is 23.5 Å². The summed E-state index contributed by atoms with van der Waals surface area (Å²) in [6.45, 7) is 0. The Balaban J connectivity index is 1.81. The SMILES string of the molecule is O=C1C(Nc2cccc(F)c2)=C(c2cccs2)C(=O)N1c1ccccc1. The van der Waals surface area contributed by atoms with Gasteiger partial charge in [0.1, 0.15) is 11.5 Å². The number of carbonyl (C=O) groups excluding carboxylic acids is 2. The number of rotatable bonds is 4. The van der Waals surface area contributed by atoms with Crippen LogP contribution in [0.2, 0.25) is 0 Å². The lowest BCUT2D eigenvalue weighted by Gasteiger charge is -2.15. The highest BCUT2D eigenvalue weighted by Crippen LogP contribution is 2.35. The third-order valence-corrected chi connectivity index (χ3v) is 4.85. The molecule has 0 aliphatic carbocycles. The predicted molar refractivity (Wildman–Crippen MR) is 100 cm³/mol. The predicted octanol–water partition coefficient (Wildman–Crippen LogP) is 4.28. The summed E-state index contributed by atoms with van der Waals surface area (Å²) in [4.78, 5) is 27.8. The average Bonchev–Trinajstić information content (AvgIpc) is 3.23. The van der Waals surface area contributed by atoms with Crippen molar-refractivity contribution in [1.82, 2.24) is 0 Å². The van der Waals surface area contributed by atoms with E-state index >= 15 is 0 Å². The minimum absolute atomic E-state index is 0.145. The number of amides is 2. The smallest absolute Gasteiger partial charge is 0.282 e. The molecule has 4 rings (SSSR count). The Morgan fingerprint density at radius 2 is 1.69 bits per heavy atom. The molecule has 0 radical (unpaired) electrons. The van der Waals surface area contributed by atoms with E-state index in [1.807, 2.05) is 17.5 Å². The number of hydrogen-bond donors (Lipinski definition) is 1. The van der Waals surface area contributed by atoms with E-state index in [2.05, 4.69) is 5.32 Å². The molecule has 128 valence electrons. The summed E-state index contributed by atoms with van der Waals surface area (Å²) in [7, 11) is 0. The van der Waals surface area contributed by atoms with Gasteiger partial charge >= 0.3 is 0 Å². The van der Waals surface area contributed by atoms with E-state index in [4.69, 9.17) is 0 Å². The highest BCUT2D eigenvalue weighted by molar-refractivity contribution is 7.11. The second kappa shape index (κ2) is 6.57. The van der Waals surface area contributed by atoms with Crippen molar-refractivity contribution in [2.75, 3.05) is 10.2 Å². The van der Waals surface area contributed by atoms with E-state index in [0.717, 1.165) is 4.90 Å². The van der Waals surface area contributed by atoms with Crippen LogP contribution >= 0.6 is 11.3 Å². The molecule has 26 heavy (non-hydrogen) atoms. The zero-order chi connectivity index (χ0) is 18.1. The van der Waals surface area contributed by atoms with Gasteiger partial charge in [-0.25, -0.2) is 9.29 Å². The Morgan fingerprint density at radius 1 is 0.885 bits per heavy atom. The monoisotopic (exact) mass is 364 g/mol. The van der Waals surface area contributed by atoms with Crippen LogP contribution in [0.3, 0.4) is 0 Å². The third-order valence-electron chi connectivity index (χ3n) is 3.96. The van der Waals surface area contributed by atoms with Gasteiger partial charge in [0, 0.05) is 10.6 Å². The largest absolute Gasteiger partial charge is 0.350 e. The van der Waals surface area contributed by atoms with Crippen molar-refractivity contribution in [2.45, 2.75) is 0 Å². The Labute approximate surface area is 153 Å². The van der Waals surface area contributed by atoms with Crippen molar-refractivity contribution in [3.05, 3.63) is 88.5 Å². The molecule has 2 aromatic carbocycles. The van der Waals surface area contributed by atoms with E-state index in [0.29, 0.717) is 16.3 Å². The van der Waals surface area contributed by atoms with Crippen LogP contribution in [0, 0.1) is 5.82 Å². The van der Waals surface area contributed by atoms with Crippen LogP contribution in [0.25, 0.3) is 5.57 Å². The van der Waals surface area contributed by atoms with Gasteiger partial charge in [-0.15, -0.1) is 11.3 Å². The van der Waals surface area contributed by atoms with E-state index < -0.39 is 17.6 Å². The van der Waals surface area contributed by atoms with Crippen LogP contribution in [0.4, 0.5) is 15.8 Å². The van der Waals surface area contributed by atoms with E-state index in [9.17, 15) is 14.0 Å². The van der Waals surface area contributed by atoms with Gasteiger partial charge in [0.25, 0.3) is 11.8 Å². The molecule has 0 atom stereocenters. The van der Waals surface area contributed by atoms with Crippen molar-refractivity contribution in [2.24, 2.45) is 0 Å². The fourth-order valence-corrected chi connectivity index (χ4v) is 3.59. The van der Waals surface area contributed by atoms with Gasteiger partial charge in [-0.3, -0.25) is 9.59 Å². The zero-order valence-corrected chi connectivity index (χ0v) is 14.3. The molecule has 0 saturated heterocycles. The summed E-state index contributed by atoms with van der Waals surface area (Å²) in [5.74, 6) is -1.29. The number of carbonyl (C=O) groups is 2.